The van der Waals surface area contributed by atoms with Crippen molar-refractivity contribution < 1.29 is 0 Å². The summed E-state index contributed by atoms with van der Waals surface area (Å²) in [7, 11) is 0. The molecule has 0 aliphatic carbocycles. The fourth-order valence-corrected chi connectivity index (χ4v) is 3.41. The van der Waals surface area contributed by atoms with Crippen LogP contribution in [0, 0.1) is 6.92 Å². The van der Waals surface area contributed by atoms with Crippen molar-refractivity contribution >= 4 is 5.65 Å². The molecule has 0 aromatic carbocycles. The van der Waals surface area contributed by atoms with Gasteiger partial charge in [0.1, 0.15) is 12.2 Å². The van der Waals surface area contributed by atoms with Gasteiger partial charge in [-0.2, -0.15) is 5.10 Å². The summed E-state index contributed by atoms with van der Waals surface area (Å²) in [5.74, 6) is 0.949. The molecule has 4 aromatic heterocycles. The normalized spacial score (nSPS) is 11.6. The number of aromatic amines is 1. The summed E-state index contributed by atoms with van der Waals surface area (Å²) >= 11 is 0. The molecular formula is C21H25N7. The van der Waals surface area contributed by atoms with Gasteiger partial charge in [0.15, 0.2) is 5.65 Å². The summed E-state index contributed by atoms with van der Waals surface area (Å²) in [6.45, 7) is 9.22. The van der Waals surface area contributed by atoms with Crippen LogP contribution in [-0.4, -0.2) is 47.5 Å². The Hall–Kier alpha value is -3.06. The topological polar surface area (TPSA) is 75.0 Å². The van der Waals surface area contributed by atoms with Gasteiger partial charge in [0.25, 0.3) is 0 Å². The second-order valence-corrected chi connectivity index (χ2v) is 6.92. The van der Waals surface area contributed by atoms with Gasteiger partial charge in [-0.05, 0) is 50.7 Å². The molecule has 7 nitrogen and oxygen atoms in total. The number of nitrogens with zero attached hydrogens (tertiary/aromatic N) is 6. The van der Waals surface area contributed by atoms with E-state index < -0.39 is 0 Å². The molecule has 4 rings (SSSR count). The molecule has 0 saturated heterocycles. The first kappa shape index (κ1) is 18.3. The number of fused-ring (bicyclic) bond motifs is 1. The SMILES string of the molecule is CCCN(CC)Cc1nc(-c2ccn3ncnc3c2)c(-c2cccc(C)n2)[nH]1. The monoisotopic (exact) mass is 375 g/mol. The fraction of sp³-hybridized carbons (Fsp3) is 0.333. The predicted octanol–water partition coefficient (Wildman–Crippen LogP) is 3.72. The van der Waals surface area contributed by atoms with Crippen LogP contribution in [-0.2, 0) is 6.54 Å². The van der Waals surface area contributed by atoms with E-state index >= 15 is 0 Å². The highest BCUT2D eigenvalue weighted by Crippen LogP contribution is 2.30. The van der Waals surface area contributed by atoms with Crippen LogP contribution in [0.15, 0.2) is 42.9 Å². The van der Waals surface area contributed by atoms with E-state index in [1.54, 1.807) is 10.8 Å². The molecule has 4 heterocycles. The molecule has 0 aliphatic rings. The lowest BCUT2D eigenvalue weighted by Crippen LogP contribution is -2.24. The standard InChI is InChI=1S/C21H25N7/c1-4-10-27(5-2)13-18-25-20(16-9-11-28-19(12-16)22-14-23-28)21(26-18)17-8-6-7-15(3)24-17/h6-9,11-12,14H,4-5,10,13H2,1-3H3,(H,25,26). The van der Waals surface area contributed by atoms with Gasteiger partial charge < -0.3 is 4.98 Å². The van der Waals surface area contributed by atoms with E-state index in [-0.39, 0.29) is 0 Å². The average molecular weight is 375 g/mol. The van der Waals surface area contributed by atoms with E-state index in [9.17, 15) is 0 Å². The lowest BCUT2D eigenvalue weighted by atomic mass is 10.1. The summed E-state index contributed by atoms with van der Waals surface area (Å²) in [5.41, 5.74) is 5.51. The maximum absolute atomic E-state index is 4.95. The first-order valence-electron chi connectivity index (χ1n) is 9.73. The van der Waals surface area contributed by atoms with E-state index in [1.807, 2.05) is 43.5 Å². The Balaban J connectivity index is 1.80. The highest BCUT2D eigenvalue weighted by Gasteiger charge is 2.17. The summed E-state index contributed by atoms with van der Waals surface area (Å²) in [6, 6.07) is 10.1. The summed E-state index contributed by atoms with van der Waals surface area (Å²) in [6.07, 6.45) is 4.59. The van der Waals surface area contributed by atoms with Gasteiger partial charge in [0, 0.05) is 17.5 Å². The molecule has 0 bridgehead atoms. The van der Waals surface area contributed by atoms with Crippen molar-refractivity contribution in [2.45, 2.75) is 33.7 Å². The van der Waals surface area contributed by atoms with Crippen molar-refractivity contribution in [3.8, 4) is 22.6 Å². The minimum atomic E-state index is 0.788. The smallest absolute Gasteiger partial charge is 0.155 e. The van der Waals surface area contributed by atoms with Crippen molar-refractivity contribution in [3.63, 3.8) is 0 Å². The number of rotatable bonds is 7. The van der Waals surface area contributed by atoms with Gasteiger partial charge in [0.2, 0.25) is 0 Å². The number of nitrogens with one attached hydrogen (secondary N) is 1. The van der Waals surface area contributed by atoms with Gasteiger partial charge in [0.05, 0.1) is 23.6 Å². The largest absolute Gasteiger partial charge is 0.339 e. The molecule has 28 heavy (non-hydrogen) atoms. The molecule has 4 aromatic rings. The van der Waals surface area contributed by atoms with Crippen LogP contribution in [0.1, 0.15) is 31.8 Å². The molecule has 144 valence electrons. The molecule has 0 unspecified atom stereocenters. The van der Waals surface area contributed by atoms with Crippen LogP contribution < -0.4 is 0 Å². The third-order valence-corrected chi connectivity index (χ3v) is 4.81. The van der Waals surface area contributed by atoms with E-state index in [0.29, 0.717) is 0 Å². The first-order valence-corrected chi connectivity index (χ1v) is 9.73. The Bertz CT molecular complexity index is 1080. The summed E-state index contributed by atoms with van der Waals surface area (Å²) in [4.78, 5) is 19.9. The number of aryl methyl sites for hydroxylation is 1. The van der Waals surface area contributed by atoms with Crippen LogP contribution in [0.5, 0.6) is 0 Å². The van der Waals surface area contributed by atoms with Crippen molar-refractivity contribution in [3.05, 3.63) is 54.4 Å². The van der Waals surface area contributed by atoms with E-state index in [2.05, 4.69) is 33.8 Å². The number of pyridine rings is 2. The minimum Gasteiger partial charge on any atom is -0.339 e. The Kier molecular flexibility index (Phi) is 5.16. The van der Waals surface area contributed by atoms with Crippen LogP contribution in [0.4, 0.5) is 0 Å². The number of imidazole rings is 1. The number of aromatic nitrogens is 6. The zero-order chi connectivity index (χ0) is 19.5. The van der Waals surface area contributed by atoms with E-state index in [4.69, 9.17) is 9.97 Å². The molecule has 1 N–H and O–H groups in total. The maximum atomic E-state index is 4.95. The molecule has 0 fully saturated rings. The number of hydrogen-bond acceptors (Lipinski definition) is 5. The fourth-order valence-electron chi connectivity index (χ4n) is 3.41. The lowest BCUT2D eigenvalue weighted by molar-refractivity contribution is 0.274. The number of hydrogen-bond donors (Lipinski definition) is 1. The van der Waals surface area contributed by atoms with Crippen LogP contribution in [0.3, 0.4) is 0 Å². The van der Waals surface area contributed by atoms with Gasteiger partial charge in [-0.25, -0.2) is 14.5 Å². The third-order valence-electron chi connectivity index (χ3n) is 4.81. The summed E-state index contributed by atoms with van der Waals surface area (Å²) in [5, 5.41) is 4.18. The van der Waals surface area contributed by atoms with Crippen LogP contribution >= 0.6 is 0 Å². The van der Waals surface area contributed by atoms with Crippen LogP contribution in [0.25, 0.3) is 28.3 Å². The Morgan fingerprint density at radius 3 is 2.82 bits per heavy atom. The molecule has 0 aliphatic heterocycles. The van der Waals surface area contributed by atoms with Gasteiger partial charge in [-0.1, -0.05) is 19.9 Å². The first-order chi connectivity index (χ1) is 13.7. The molecule has 0 radical (unpaired) electrons. The van der Waals surface area contributed by atoms with Gasteiger partial charge in [-0.3, -0.25) is 9.88 Å². The Morgan fingerprint density at radius 1 is 1.14 bits per heavy atom. The summed E-state index contributed by atoms with van der Waals surface area (Å²) < 4.78 is 1.75. The van der Waals surface area contributed by atoms with Crippen molar-refractivity contribution in [1.82, 2.24) is 34.4 Å². The van der Waals surface area contributed by atoms with Crippen molar-refractivity contribution in [2.75, 3.05) is 13.1 Å². The second kappa shape index (κ2) is 7.90. The second-order valence-electron chi connectivity index (χ2n) is 6.92. The predicted molar refractivity (Wildman–Crippen MR) is 110 cm³/mol. The zero-order valence-corrected chi connectivity index (χ0v) is 16.6. The highest BCUT2D eigenvalue weighted by atomic mass is 15.3. The number of H-pyrrole nitrogens is 1. The maximum Gasteiger partial charge on any atom is 0.155 e. The van der Waals surface area contributed by atoms with Gasteiger partial charge in [-0.15, -0.1) is 0 Å². The van der Waals surface area contributed by atoms with Crippen molar-refractivity contribution in [1.29, 1.82) is 0 Å². The molecule has 0 amide bonds. The van der Waals surface area contributed by atoms with E-state index in [1.165, 1.54) is 0 Å². The highest BCUT2D eigenvalue weighted by molar-refractivity contribution is 5.78. The molecular weight excluding hydrogens is 350 g/mol. The minimum absolute atomic E-state index is 0.788. The molecule has 0 atom stereocenters. The van der Waals surface area contributed by atoms with Gasteiger partial charge >= 0.3 is 0 Å². The van der Waals surface area contributed by atoms with Crippen LogP contribution in [0.2, 0.25) is 0 Å². The average Bonchev–Trinajstić information content (AvgIpc) is 3.33. The lowest BCUT2D eigenvalue weighted by Gasteiger charge is -2.17. The van der Waals surface area contributed by atoms with Crippen molar-refractivity contribution in [2.24, 2.45) is 0 Å². The molecule has 7 heteroatoms. The Morgan fingerprint density at radius 2 is 2.04 bits per heavy atom. The third kappa shape index (κ3) is 3.66. The zero-order valence-electron chi connectivity index (χ0n) is 16.6. The molecule has 0 saturated carbocycles. The molecule has 0 spiro atoms. The quantitative estimate of drug-likeness (QED) is 0.533. The Labute approximate surface area is 164 Å². The van der Waals surface area contributed by atoms with E-state index in [0.717, 1.165) is 65.9 Å².